The van der Waals surface area contributed by atoms with Gasteiger partial charge in [-0.25, -0.2) is 0 Å². The molecule has 16 heavy (non-hydrogen) atoms. The molecule has 0 saturated heterocycles. The highest BCUT2D eigenvalue weighted by molar-refractivity contribution is 6.32. The predicted molar refractivity (Wildman–Crippen MR) is 66.0 cm³/mol. The van der Waals surface area contributed by atoms with E-state index in [1.54, 1.807) is 0 Å². The number of benzene rings is 1. The summed E-state index contributed by atoms with van der Waals surface area (Å²) in [5.41, 5.74) is 1.02. The monoisotopic (exact) mass is 241 g/mol. The molecule has 1 heterocycles. The van der Waals surface area contributed by atoms with Crippen LogP contribution in [0.4, 0.5) is 5.69 Å². The van der Waals surface area contributed by atoms with Crippen molar-refractivity contribution in [1.82, 2.24) is 0 Å². The molecule has 0 bridgehead atoms. The van der Waals surface area contributed by atoms with Gasteiger partial charge < -0.3 is 14.4 Å². The van der Waals surface area contributed by atoms with Crippen LogP contribution in [0.1, 0.15) is 13.8 Å². The summed E-state index contributed by atoms with van der Waals surface area (Å²) in [6.45, 7) is 5.53. The van der Waals surface area contributed by atoms with Crippen LogP contribution < -0.4 is 14.4 Å². The number of nitrogens with zero attached hydrogens (tertiary/aromatic N) is 1. The molecule has 1 aromatic carbocycles. The van der Waals surface area contributed by atoms with E-state index in [9.17, 15) is 0 Å². The van der Waals surface area contributed by atoms with Crippen molar-refractivity contribution in [1.29, 1.82) is 0 Å². The Balaban J connectivity index is 2.36. The van der Waals surface area contributed by atoms with Crippen LogP contribution in [0.3, 0.4) is 0 Å². The minimum atomic E-state index is 0.108. The fraction of sp³-hybridized carbons (Fsp3) is 0.500. The summed E-state index contributed by atoms with van der Waals surface area (Å²) in [5.74, 6) is 1.53. The summed E-state index contributed by atoms with van der Waals surface area (Å²) in [4.78, 5) is 2.13. The van der Waals surface area contributed by atoms with E-state index in [4.69, 9.17) is 21.1 Å². The van der Waals surface area contributed by atoms with Gasteiger partial charge in [0, 0.05) is 13.1 Å². The highest BCUT2D eigenvalue weighted by Gasteiger charge is 2.18. The van der Waals surface area contributed by atoms with Gasteiger partial charge in [0.25, 0.3) is 0 Å². The van der Waals surface area contributed by atoms with Gasteiger partial charge in [0.05, 0.1) is 23.4 Å². The highest BCUT2D eigenvalue weighted by atomic mass is 35.5. The van der Waals surface area contributed by atoms with E-state index in [0.29, 0.717) is 17.4 Å². The normalized spacial score (nSPS) is 14.7. The average Bonchev–Trinajstić information content (AvgIpc) is 2.20. The highest BCUT2D eigenvalue weighted by Crippen LogP contribution is 2.39. The smallest absolute Gasteiger partial charge is 0.146 e. The molecule has 3 nitrogen and oxygen atoms in total. The second-order valence-corrected chi connectivity index (χ2v) is 4.59. The molecule has 1 aliphatic heterocycles. The average molecular weight is 242 g/mol. The second kappa shape index (κ2) is 4.42. The fourth-order valence-corrected chi connectivity index (χ4v) is 1.90. The number of anilines is 1. The van der Waals surface area contributed by atoms with Gasteiger partial charge in [-0.2, -0.15) is 0 Å². The van der Waals surface area contributed by atoms with Crippen LogP contribution in [-0.4, -0.2) is 26.3 Å². The van der Waals surface area contributed by atoms with Gasteiger partial charge in [-0.05, 0) is 19.9 Å². The zero-order valence-electron chi connectivity index (χ0n) is 9.79. The van der Waals surface area contributed by atoms with Gasteiger partial charge in [-0.3, -0.25) is 0 Å². The Kier molecular flexibility index (Phi) is 3.15. The minimum absolute atomic E-state index is 0.108. The summed E-state index contributed by atoms with van der Waals surface area (Å²) in [5, 5.41) is 0.629. The number of likely N-dealkylation sites (N-methyl/N-ethyl adjacent to an activating group) is 1. The van der Waals surface area contributed by atoms with Crippen molar-refractivity contribution in [3.05, 3.63) is 17.2 Å². The van der Waals surface area contributed by atoms with Crippen molar-refractivity contribution >= 4 is 17.3 Å². The zero-order chi connectivity index (χ0) is 11.7. The van der Waals surface area contributed by atoms with E-state index in [1.165, 1.54) is 0 Å². The first-order valence-corrected chi connectivity index (χ1v) is 5.80. The Hall–Kier alpha value is -1.09. The molecule has 0 unspecified atom stereocenters. The summed E-state index contributed by atoms with van der Waals surface area (Å²) in [7, 11) is 2.03. The van der Waals surface area contributed by atoms with Crippen LogP contribution in [-0.2, 0) is 0 Å². The van der Waals surface area contributed by atoms with Crippen molar-refractivity contribution in [3.63, 3.8) is 0 Å². The van der Waals surface area contributed by atoms with Gasteiger partial charge in [0.15, 0.2) is 0 Å². The summed E-state index contributed by atoms with van der Waals surface area (Å²) in [6, 6.07) is 3.76. The third kappa shape index (κ3) is 2.19. The molecule has 0 spiro atoms. The van der Waals surface area contributed by atoms with E-state index in [1.807, 2.05) is 33.0 Å². The Morgan fingerprint density at radius 2 is 2.19 bits per heavy atom. The molecule has 0 radical (unpaired) electrons. The van der Waals surface area contributed by atoms with Crippen LogP contribution in [0.25, 0.3) is 0 Å². The number of fused-ring (bicyclic) bond motifs is 1. The van der Waals surface area contributed by atoms with E-state index in [-0.39, 0.29) is 6.10 Å². The number of hydrogen-bond donors (Lipinski definition) is 0. The van der Waals surface area contributed by atoms with E-state index < -0.39 is 0 Å². The van der Waals surface area contributed by atoms with E-state index in [0.717, 1.165) is 18.0 Å². The van der Waals surface area contributed by atoms with E-state index >= 15 is 0 Å². The Bertz CT molecular complexity index is 393. The lowest BCUT2D eigenvalue weighted by Crippen LogP contribution is -2.28. The molecule has 1 aliphatic rings. The number of rotatable bonds is 2. The lowest BCUT2D eigenvalue weighted by atomic mass is 10.2. The topological polar surface area (TPSA) is 21.7 Å². The van der Waals surface area contributed by atoms with Crippen molar-refractivity contribution in [2.75, 3.05) is 25.1 Å². The maximum absolute atomic E-state index is 6.16. The lowest BCUT2D eigenvalue weighted by molar-refractivity contribution is 0.239. The zero-order valence-corrected chi connectivity index (χ0v) is 10.5. The first-order chi connectivity index (χ1) is 7.58. The Labute approximate surface area is 101 Å². The molecule has 0 saturated carbocycles. The quantitative estimate of drug-likeness (QED) is 0.795. The number of halogens is 1. The van der Waals surface area contributed by atoms with Crippen LogP contribution in [0.15, 0.2) is 12.1 Å². The molecule has 0 aromatic heterocycles. The predicted octanol–water partition coefficient (Wildman–Crippen LogP) is 2.96. The third-order valence-corrected chi connectivity index (χ3v) is 2.77. The minimum Gasteiger partial charge on any atom is -0.489 e. The van der Waals surface area contributed by atoms with Gasteiger partial charge in [-0.1, -0.05) is 11.6 Å². The number of hydrogen-bond acceptors (Lipinski definition) is 3. The SMILES string of the molecule is CC(C)Oc1cc2c(cc1Cl)N(C)CCO2. The lowest BCUT2D eigenvalue weighted by Gasteiger charge is -2.28. The van der Waals surface area contributed by atoms with Crippen LogP contribution in [0.2, 0.25) is 5.02 Å². The molecule has 0 atom stereocenters. The fourth-order valence-electron chi connectivity index (χ4n) is 1.70. The largest absolute Gasteiger partial charge is 0.489 e. The van der Waals surface area contributed by atoms with Crippen molar-refractivity contribution in [2.24, 2.45) is 0 Å². The molecule has 0 amide bonds. The molecule has 0 N–H and O–H groups in total. The molecule has 1 aromatic rings. The van der Waals surface area contributed by atoms with Crippen molar-refractivity contribution < 1.29 is 9.47 Å². The summed E-state index contributed by atoms with van der Waals surface area (Å²) >= 11 is 6.16. The number of ether oxygens (including phenoxy) is 2. The van der Waals surface area contributed by atoms with Crippen molar-refractivity contribution in [3.8, 4) is 11.5 Å². The molecule has 0 fully saturated rings. The van der Waals surface area contributed by atoms with Crippen LogP contribution >= 0.6 is 11.6 Å². The van der Waals surface area contributed by atoms with Gasteiger partial charge >= 0.3 is 0 Å². The molecular weight excluding hydrogens is 226 g/mol. The standard InChI is InChI=1S/C12H16ClNO2/c1-8(2)16-11-7-12-10(6-9(11)13)14(3)4-5-15-12/h6-8H,4-5H2,1-3H3. The van der Waals surface area contributed by atoms with Crippen molar-refractivity contribution in [2.45, 2.75) is 20.0 Å². The molecule has 2 rings (SSSR count). The molecule has 88 valence electrons. The van der Waals surface area contributed by atoms with Gasteiger partial charge in [0.2, 0.25) is 0 Å². The second-order valence-electron chi connectivity index (χ2n) is 4.19. The molecule has 4 heteroatoms. The summed E-state index contributed by atoms with van der Waals surface area (Å²) < 4.78 is 11.2. The van der Waals surface area contributed by atoms with Gasteiger partial charge in [-0.15, -0.1) is 0 Å². The maximum atomic E-state index is 6.16. The van der Waals surface area contributed by atoms with Gasteiger partial charge in [0.1, 0.15) is 18.1 Å². The first kappa shape index (κ1) is 11.4. The van der Waals surface area contributed by atoms with E-state index in [2.05, 4.69) is 4.90 Å². The maximum Gasteiger partial charge on any atom is 0.146 e. The van der Waals surface area contributed by atoms with Crippen LogP contribution in [0.5, 0.6) is 11.5 Å². The third-order valence-electron chi connectivity index (χ3n) is 2.47. The molecular formula is C12H16ClNO2. The van der Waals surface area contributed by atoms with Crippen LogP contribution in [0, 0.1) is 0 Å². The summed E-state index contributed by atoms with van der Waals surface area (Å²) in [6.07, 6.45) is 0.108. The molecule has 0 aliphatic carbocycles. The Morgan fingerprint density at radius 1 is 1.44 bits per heavy atom. The first-order valence-electron chi connectivity index (χ1n) is 5.42. The Morgan fingerprint density at radius 3 is 2.88 bits per heavy atom.